The fraction of sp³-hybridized carbons (Fsp3) is 0.857. The van der Waals surface area contributed by atoms with Crippen molar-refractivity contribution in [1.82, 2.24) is 0 Å². The van der Waals surface area contributed by atoms with Crippen LogP contribution in [0.1, 0.15) is 26.7 Å². The van der Waals surface area contributed by atoms with Crippen molar-refractivity contribution in [3.63, 3.8) is 0 Å². The molecule has 0 bridgehead atoms. The zero-order valence-corrected chi connectivity index (χ0v) is 12.4. The second-order valence-corrected chi connectivity index (χ2v) is 14.6. The van der Waals surface area contributed by atoms with Crippen LogP contribution < -0.4 is 0 Å². The van der Waals surface area contributed by atoms with Gasteiger partial charge in [0.15, 0.2) is 0 Å². The molecule has 0 unspecified atom stereocenters. The molecule has 0 aromatic heterocycles. The maximum Gasteiger partial charge on any atom is 0.341 e. The molecule has 0 heterocycles. The van der Waals surface area contributed by atoms with E-state index in [1.165, 1.54) is 0 Å². The number of hydrogen-bond acceptors (Lipinski definition) is 1. The number of halogens is 4. The van der Waals surface area contributed by atoms with Crippen molar-refractivity contribution < 1.29 is 4.79 Å². The average molecular weight is 327 g/mol. The van der Waals surface area contributed by atoms with Crippen LogP contribution in [0.2, 0.25) is 6.04 Å². The van der Waals surface area contributed by atoms with E-state index in [0.717, 1.165) is 0 Å². The van der Waals surface area contributed by atoms with Gasteiger partial charge in [0.1, 0.15) is 5.78 Å². The lowest BCUT2D eigenvalue weighted by atomic mass is 10.1. The third-order valence-electron chi connectivity index (χ3n) is 1.53. The summed E-state index contributed by atoms with van der Waals surface area (Å²) in [4.78, 5) is 11.4. The first-order valence-electron chi connectivity index (χ1n) is 3.92. The molecule has 0 fully saturated rings. The summed E-state index contributed by atoms with van der Waals surface area (Å²) < 4.78 is -0.456. The van der Waals surface area contributed by atoms with Crippen molar-refractivity contribution in [1.29, 1.82) is 0 Å². The van der Waals surface area contributed by atoms with E-state index in [9.17, 15) is 4.79 Å². The molecule has 0 amide bonds. The highest BCUT2D eigenvalue weighted by molar-refractivity contribution is 9.10. The van der Waals surface area contributed by atoms with Crippen LogP contribution in [-0.4, -0.2) is 16.1 Å². The third kappa shape index (κ3) is 8.25. The van der Waals surface area contributed by atoms with Gasteiger partial charge < -0.3 is 0 Å². The number of carbonyl (C=O) groups excluding carboxylic acids is 1. The average Bonchev–Trinajstić information content (AvgIpc) is 1.82. The number of carbonyl (C=O) groups is 1. The van der Waals surface area contributed by atoms with Crippen LogP contribution in [0.4, 0.5) is 0 Å². The van der Waals surface area contributed by atoms with Crippen LogP contribution in [0, 0.1) is 0 Å². The Hall–Kier alpha value is 1.24. The smallest absolute Gasteiger partial charge is 0.298 e. The lowest BCUT2D eigenvalue weighted by molar-refractivity contribution is -0.120. The number of ketones is 1. The molecule has 0 saturated heterocycles. The summed E-state index contributed by atoms with van der Waals surface area (Å²) in [5.74, 6) is 0.149. The molecule has 0 saturated carbocycles. The van der Waals surface area contributed by atoms with E-state index >= 15 is 0 Å². The van der Waals surface area contributed by atoms with Crippen molar-refractivity contribution in [2.24, 2.45) is 0 Å². The highest BCUT2D eigenvalue weighted by atomic mass is 79.9. The zero-order valence-electron chi connectivity index (χ0n) is 7.54. The van der Waals surface area contributed by atoms with Crippen molar-refractivity contribution in [3.8, 4) is 0 Å². The van der Waals surface area contributed by atoms with E-state index < -0.39 is 10.3 Å². The Morgan fingerprint density at radius 1 is 1.38 bits per heavy atom. The largest absolute Gasteiger partial charge is 0.341 e. The van der Waals surface area contributed by atoms with E-state index in [1.807, 2.05) is 13.8 Å². The molecule has 0 atom stereocenters. The molecule has 0 rings (SSSR count). The van der Waals surface area contributed by atoms with Gasteiger partial charge in [0.2, 0.25) is 0 Å². The van der Waals surface area contributed by atoms with Crippen molar-refractivity contribution in [3.05, 3.63) is 0 Å². The van der Waals surface area contributed by atoms with Crippen LogP contribution in [0.3, 0.4) is 0 Å². The van der Waals surface area contributed by atoms with Crippen LogP contribution >= 0.6 is 49.2 Å². The monoisotopic (exact) mass is 324 g/mol. The Kier molecular flexibility index (Phi) is 5.87. The molecule has 0 radical (unpaired) electrons. The predicted molar refractivity (Wildman–Crippen MR) is 65.4 cm³/mol. The third-order valence-corrected chi connectivity index (χ3v) is 4.59. The van der Waals surface area contributed by atoms with Gasteiger partial charge in [0.05, 0.1) is 4.32 Å². The summed E-state index contributed by atoms with van der Waals surface area (Å²) in [5.41, 5.74) is 0. The van der Waals surface area contributed by atoms with Crippen molar-refractivity contribution >= 4 is 61.0 Å². The first-order chi connectivity index (χ1) is 5.63. The first-order valence-corrected chi connectivity index (χ1v) is 9.95. The molecule has 6 heteroatoms. The quantitative estimate of drug-likeness (QED) is 0.421. The summed E-state index contributed by atoms with van der Waals surface area (Å²) in [7, 11) is 0. The topological polar surface area (TPSA) is 17.1 Å². The fourth-order valence-electron chi connectivity index (χ4n) is 0.747. The molecule has 78 valence electrons. The minimum Gasteiger partial charge on any atom is -0.298 e. The van der Waals surface area contributed by atoms with Crippen LogP contribution in [0.15, 0.2) is 0 Å². The van der Waals surface area contributed by atoms with E-state index in [2.05, 4.69) is 15.9 Å². The normalized spacial score (nSPS) is 13.1. The van der Waals surface area contributed by atoms with Gasteiger partial charge in [0, 0.05) is 6.42 Å². The zero-order chi connectivity index (χ0) is 10.7. The number of Topliss-reactive ketones (excluding diaryl/α,β-unsaturated/α-hetero) is 1. The number of hydrogen-bond donors (Lipinski definition) is 0. The Labute approximate surface area is 102 Å². The number of rotatable bonds is 5. The van der Waals surface area contributed by atoms with Crippen molar-refractivity contribution in [2.75, 3.05) is 0 Å². The van der Waals surface area contributed by atoms with Gasteiger partial charge in [-0.2, -0.15) is 0 Å². The Balaban J connectivity index is 3.74. The highest BCUT2D eigenvalue weighted by Gasteiger charge is 2.27. The van der Waals surface area contributed by atoms with Gasteiger partial charge in [-0.05, 0) is 26.3 Å². The molecule has 1 nitrogen and oxygen atoms in total. The lowest BCUT2D eigenvalue weighted by Crippen LogP contribution is -2.24. The maximum absolute atomic E-state index is 11.4. The van der Waals surface area contributed by atoms with E-state index in [-0.39, 0.29) is 5.78 Å². The van der Waals surface area contributed by atoms with Gasteiger partial charge >= 0.3 is 6.00 Å². The molecule has 0 aromatic rings. The molecule has 0 N–H and O–H groups in total. The molecule has 0 aromatic carbocycles. The fourth-order valence-corrected chi connectivity index (χ4v) is 2.73. The summed E-state index contributed by atoms with van der Waals surface area (Å²) in [5, 5.41) is 0. The Morgan fingerprint density at radius 3 is 2.15 bits per heavy atom. The van der Waals surface area contributed by atoms with Gasteiger partial charge in [0.25, 0.3) is 0 Å². The van der Waals surface area contributed by atoms with E-state index in [4.69, 9.17) is 33.2 Å². The summed E-state index contributed by atoms with van der Waals surface area (Å²) in [6.45, 7) is 3.64. The lowest BCUT2D eigenvalue weighted by Gasteiger charge is -2.14. The molecular weight excluding hydrogens is 314 g/mol. The molecule has 0 aliphatic heterocycles. The van der Waals surface area contributed by atoms with Gasteiger partial charge in [-0.15, -0.1) is 33.2 Å². The maximum atomic E-state index is 11.4. The molecule has 0 aliphatic rings. The molecule has 0 aliphatic carbocycles. The highest BCUT2D eigenvalue weighted by Crippen LogP contribution is 2.28. The van der Waals surface area contributed by atoms with Crippen LogP contribution in [0.25, 0.3) is 0 Å². The SMILES string of the molecule is CC(C)(Br)C(=O)CCC[Si](Cl)(Cl)Cl. The summed E-state index contributed by atoms with van der Waals surface area (Å²) >= 11 is 20.3. The Morgan fingerprint density at radius 2 is 1.85 bits per heavy atom. The van der Waals surface area contributed by atoms with Crippen LogP contribution in [0.5, 0.6) is 0 Å². The minimum atomic E-state index is -2.53. The van der Waals surface area contributed by atoms with Crippen LogP contribution in [-0.2, 0) is 4.79 Å². The molecule has 0 spiro atoms. The van der Waals surface area contributed by atoms with E-state index in [1.54, 1.807) is 0 Å². The van der Waals surface area contributed by atoms with Gasteiger partial charge in [-0.25, -0.2) is 0 Å². The number of alkyl halides is 1. The molecular formula is C7H12BrCl3OSi. The summed E-state index contributed by atoms with van der Waals surface area (Å²) in [6.07, 6.45) is 1.13. The second-order valence-electron chi connectivity index (χ2n) is 3.36. The van der Waals surface area contributed by atoms with E-state index in [0.29, 0.717) is 18.9 Å². The molecule has 13 heavy (non-hydrogen) atoms. The predicted octanol–water partition coefficient (Wildman–Crippen LogP) is 4.16. The Bertz CT molecular complexity index is 185. The van der Waals surface area contributed by atoms with Crippen molar-refractivity contribution in [2.45, 2.75) is 37.1 Å². The minimum absolute atomic E-state index is 0.149. The van der Waals surface area contributed by atoms with Gasteiger partial charge in [-0.3, -0.25) is 4.79 Å². The standard InChI is InChI=1S/C7H12BrCl3OSi/c1-7(2,8)6(12)4-3-5-13(9,10)11/h3-5H2,1-2H3. The first kappa shape index (κ1) is 14.2. The van der Waals surface area contributed by atoms with Gasteiger partial charge in [-0.1, -0.05) is 15.9 Å². The second kappa shape index (κ2) is 5.36. The summed E-state index contributed by atoms with van der Waals surface area (Å²) in [6, 6.07) is -1.99.